The summed E-state index contributed by atoms with van der Waals surface area (Å²) in [6.45, 7) is 9.40. The molecule has 1 aliphatic heterocycles. The van der Waals surface area contributed by atoms with E-state index in [0.717, 1.165) is 24.9 Å². The molecule has 0 saturated heterocycles. The molecule has 2 rings (SSSR count). The van der Waals surface area contributed by atoms with E-state index >= 15 is 0 Å². The molecule has 1 aromatic carbocycles. The van der Waals surface area contributed by atoms with Gasteiger partial charge >= 0.3 is 0 Å². The molecule has 0 atom stereocenters. The molecule has 1 aliphatic rings. The van der Waals surface area contributed by atoms with Crippen LogP contribution in [0.1, 0.15) is 36.2 Å². The number of rotatable bonds is 4. The van der Waals surface area contributed by atoms with Gasteiger partial charge in [0.25, 0.3) is 5.91 Å². The summed E-state index contributed by atoms with van der Waals surface area (Å²) in [5.41, 5.74) is 3.19. The Balaban J connectivity index is 2.25. The largest absolute Gasteiger partial charge is 0.385 e. The minimum Gasteiger partial charge on any atom is -0.385 e. The lowest BCUT2D eigenvalue weighted by molar-refractivity contribution is 0.0728. The van der Waals surface area contributed by atoms with E-state index in [-0.39, 0.29) is 11.9 Å². The molecule has 1 amide bonds. The number of amides is 1. The first-order chi connectivity index (χ1) is 9.13. The molecule has 1 N–H and O–H groups in total. The van der Waals surface area contributed by atoms with E-state index in [0.29, 0.717) is 6.54 Å². The average Bonchev–Trinajstić information content (AvgIpc) is 2.43. The summed E-state index contributed by atoms with van der Waals surface area (Å²) in [5.74, 6) is 0.0864. The van der Waals surface area contributed by atoms with Crippen LogP contribution in [0.4, 0.5) is 5.69 Å². The van der Waals surface area contributed by atoms with Crippen LogP contribution in [0.2, 0.25) is 0 Å². The highest BCUT2D eigenvalue weighted by Gasteiger charge is 2.19. The van der Waals surface area contributed by atoms with E-state index in [4.69, 9.17) is 0 Å². The molecule has 1 heterocycles. The first-order valence-electron chi connectivity index (χ1n) is 6.92. The Labute approximate surface area is 115 Å². The topological polar surface area (TPSA) is 32.3 Å². The van der Waals surface area contributed by atoms with Crippen LogP contribution in [0.5, 0.6) is 0 Å². The van der Waals surface area contributed by atoms with Gasteiger partial charge in [0.05, 0.1) is 0 Å². The van der Waals surface area contributed by atoms with Crippen LogP contribution in [0, 0.1) is 0 Å². The number of hydrogen-bond donors (Lipinski definition) is 1. The molecule has 3 nitrogen and oxygen atoms in total. The van der Waals surface area contributed by atoms with E-state index in [1.807, 2.05) is 36.9 Å². The number of nitrogens with zero attached hydrogens (tertiary/aromatic N) is 1. The van der Waals surface area contributed by atoms with Gasteiger partial charge in [-0.2, -0.15) is 0 Å². The smallest absolute Gasteiger partial charge is 0.254 e. The number of fused-ring (bicyclic) bond motifs is 1. The number of benzene rings is 1. The maximum Gasteiger partial charge on any atom is 0.254 e. The molecule has 0 aromatic heterocycles. The SMILES string of the molecule is C=CCN(C(=O)c1ccc2c(c1)CCCN2)C(C)C. The highest BCUT2D eigenvalue weighted by atomic mass is 16.2. The monoisotopic (exact) mass is 258 g/mol. The number of hydrogen-bond acceptors (Lipinski definition) is 2. The zero-order valence-corrected chi connectivity index (χ0v) is 11.8. The number of aryl methyl sites for hydroxylation is 1. The fourth-order valence-corrected chi connectivity index (χ4v) is 2.44. The van der Waals surface area contributed by atoms with E-state index in [9.17, 15) is 4.79 Å². The summed E-state index contributed by atoms with van der Waals surface area (Å²) < 4.78 is 0. The fourth-order valence-electron chi connectivity index (χ4n) is 2.44. The maximum absolute atomic E-state index is 12.5. The van der Waals surface area contributed by atoms with Gasteiger partial charge in [-0.25, -0.2) is 0 Å². The molecule has 0 radical (unpaired) electrons. The van der Waals surface area contributed by atoms with Crippen molar-refractivity contribution in [3.8, 4) is 0 Å². The first kappa shape index (κ1) is 13.7. The van der Waals surface area contributed by atoms with Gasteiger partial charge in [-0.15, -0.1) is 6.58 Å². The molecule has 0 bridgehead atoms. The molecule has 102 valence electrons. The lowest BCUT2D eigenvalue weighted by atomic mass is 10.00. The summed E-state index contributed by atoms with van der Waals surface area (Å²) in [6.07, 6.45) is 3.95. The summed E-state index contributed by atoms with van der Waals surface area (Å²) in [5, 5.41) is 3.36. The van der Waals surface area contributed by atoms with Crippen LogP contribution < -0.4 is 5.32 Å². The van der Waals surface area contributed by atoms with Crippen molar-refractivity contribution in [1.82, 2.24) is 4.90 Å². The van der Waals surface area contributed by atoms with Crippen molar-refractivity contribution in [2.75, 3.05) is 18.4 Å². The van der Waals surface area contributed by atoms with E-state index in [1.54, 1.807) is 6.08 Å². The van der Waals surface area contributed by atoms with Gasteiger partial charge in [-0.1, -0.05) is 6.08 Å². The highest BCUT2D eigenvalue weighted by Crippen LogP contribution is 2.23. The Hall–Kier alpha value is -1.77. The van der Waals surface area contributed by atoms with E-state index in [1.165, 1.54) is 11.3 Å². The van der Waals surface area contributed by atoms with Gasteiger partial charge in [-0.3, -0.25) is 4.79 Å². The van der Waals surface area contributed by atoms with Crippen molar-refractivity contribution in [3.63, 3.8) is 0 Å². The third-order valence-electron chi connectivity index (χ3n) is 3.50. The van der Waals surface area contributed by atoms with Gasteiger partial charge < -0.3 is 10.2 Å². The Morgan fingerprint density at radius 2 is 2.32 bits per heavy atom. The Kier molecular flexibility index (Phi) is 4.25. The Bertz CT molecular complexity index is 480. The Morgan fingerprint density at radius 1 is 1.53 bits per heavy atom. The van der Waals surface area contributed by atoms with Crippen LogP contribution in [0.3, 0.4) is 0 Å². The van der Waals surface area contributed by atoms with Crippen molar-refractivity contribution in [2.45, 2.75) is 32.7 Å². The number of carbonyl (C=O) groups excluding carboxylic acids is 1. The second-order valence-electron chi connectivity index (χ2n) is 5.24. The molecule has 0 fully saturated rings. The normalized spacial score (nSPS) is 13.6. The molecule has 0 saturated carbocycles. The van der Waals surface area contributed by atoms with E-state index in [2.05, 4.69) is 11.9 Å². The second-order valence-corrected chi connectivity index (χ2v) is 5.24. The lowest BCUT2D eigenvalue weighted by Crippen LogP contribution is -2.37. The van der Waals surface area contributed by atoms with Crippen molar-refractivity contribution in [2.24, 2.45) is 0 Å². The van der Waals surface area contributed by atoms with Gasteiger partial charge in [0.2, 0.25) is 0 Å². The zero-order chi connectivity index (χ0) is 13.8. The van der Waals surface area contributed by atoms with E-state index < -0.39 is 0 Å². The third kappa shape index (κ3) is 2.98. The molecule has 3 heteroatoms. The minimum atomic E-state index is 0.0864. The molecular weight excluding hydrogens is 236 g/mol. The van der Waals surface area contributed by atoms with Crippen LogP contribution in [0.25, 0.3) is 0 Å². The maximum atomic E-state index is 12.5. The standard InChI is InChI=1S/C16H22N2O/c1-4-10-18(12(2)3)16(19)14-7-8-15-13(11-14)6-5-9-17-15/h4,7-8,11-12,17H,1,5-6,9-10H2,2-3H3. The van der Waals surface area contributed by atoms with Gasteiger partial charge in [0.1, 0.15) is 0 Å². The number of anilines is 1. The highest BCUT2D eigenvalue weighted by molar-refractivity contribution is 5.95. The second kappa shape index (κ2) is 5.91. The molecule has 0 unspecified atom stereocenters. The van der Waals surface area contributed by atoms with Crippen LogP contribution >= 0.6 is 0 Å². The number of carbonyl (C=O) groups is 1. The first-order valence-corrected chi connectivity index (χ1v) is 6.92. The molecule has 0 aliphatic carbocycles. The zero-order valence-electron chi connectivity index (χ0n) is 11.8. The van der Waals surface area contributed by atoms with Gasteiger partial charge in [-0.05, 0) is 50.5 Å². The summed E-state index contributed by atoms with van der Waals surface area (Å²) in [7, 11) is 0. The Morgan fingerprint density at radius 3 is 3.00 bits per heavy atom. The summed E-state index contributed by atoms with van der Waals surface area (Å²) in [6, 6.07) is 6.15. The van der Waals surface area contributed by atoms with Gasteiger partial charge in [0.15, 0.2) is 0 Å². The predicted octanol–water partition coefficient (Wildman–Crippen LogP) is 3.08. The van der Waals surface area contributed by atoms with Crippen LogP contribution in [0.15, 0.2) is 30.9 Å². The van der Waals surface area contributed by atoms with Crippen molar-refractivity contribution < 1.29 is 4.79 Å². The number of nitrogens with one attached hydrogen (secondary N) is 1. The summed E-state index contributed by atoms with van der Waals surface area (Å²) in [4.78, 5) is 14.4. The lowest BCUT2D eigenvalue weighted by Gasteiger charge is -2.26. The quantitative estimate of drug-likeness (QED) is 0.842. The van der Waals surface area contributed by atoms with Crippen molar-refractivity contribution in [1.29, 1.82) is 0 Å². The molecule has 19 heavy (non-hydrogen) atoms. The van der Waals surface area contributed by atoms with Crippen LogP contribution in [-0.4, -0.2) is 29.9 Å². The van der Waals surface area contributed by atoms with Crippen molar-refractivity contribution in [3.05, 3.63) is 42.0 Å². The van der Waals surface area contributed by atoms with Crippen molar-refractivity contribution >= 4 is 11.6 Å². The minimum absolute atomic E-state index is 0.0864. The fraction of sp³-hybridized carbons (Fsp3) is 0.438. The molecular formula is C16H22N2O. The average molecular weight is 258 g/mol. The molecule has 1 aromatic rings. The van der Waals surface area contributed by atoms with Gasteiger partial charge in [0, 0.05) is 30.4 Å². The third-order valence-corrected chi connectivity index (χ3v) is 3.50. The summed E-state index contributed by atoms with van der Waals surface area (Å²) >= 11 is 0. The van der Waals surface area contributed by atoms with Crippen LogP contribution in [-0.2, 0) is 6.42 Å². The predicted molar refractivity (Wildman–Crippen MR) is 79.6 cm³/mol. The molecule has 0 spiro atoms.